The lowest BCUT2D eigenvalue weighted by Crippen LogP contribution is -2.25. The third-order valence-electron chi connectivity index (χ3n) is 6.85. The van der Waals surface area contributed by atoms with E-state index in [2.05, 4.69) is 83.3 Å². The summed E-state index contributed by atoms with van der Waals surface area (Å²) < 4.78 is 0. The van der Waals surface area contributed by atoms with Gasteiger partial charge in [-0.2, -0.15) is 0 Å². The van der Waals surface area contributed by atoms with Crippen molar-refractivity contribution in [2.45, 2.75) is 71.1 Å². The first-order valence-corrected chi connectivity index (χ1v) is 14.4. The molecule has 4 nitrogen and oxygen atoms in total. The zero-order chi connectivity index (χ0) is 27.9. The van der Waals surface area contributed by atoms with Crippen LogP contribution in [-0.4, -0.2) is 29.3 Å². The average Bonchev–Trinajstić information content (AvgIpc) is 2.85. The van der Waals surface area contributed by atoms with Crippen molar-refractivity contribution in [3.8, 4) is 11.1 Å². The SMILES string of the molecule is Cc1cc(SCC(C)CCc2ccc(C(=O)NCCC(=O)O)cc2)cc(C)c1-c1ccc(C(C)(C)C)cc1. The summed E-state index contributed by atoms with van der Waals surface area (Å²) in [6.45, 7) is 13.6. The van der Waals surface area contributed by atoms with Crippen LogP contribution in [0.5, 0.6) is 0 Å². The fourth-order valence-corrected chi connectivity index (χ4v) is 5.71. The van der Waals surface area contributed by atoms with Crippen molar-refractivity contribution < 1.29 is 14.7 Å². The van der Waals surface area contributed by atoms with Gasteiger partial charge in [0, 0.05) is 22.8 Å². The number of carboxylic acid groups (broad SMARTS) is 1. The number of aryl methyl sites for hydroxylation is 3. The van der Waals surface area contributed by atoms with E-state index in [0.717, 1.165) is 18.6 Å². The highest BCUT2D eigenvalue weighted by Crippen LogP contribution is 2.34. The molecule has 38 heavy (non-hydrogen) atoms. The molecule has 0 bridgehead atoms. The maximum Gasteiger partial charge on any atom is 0.305 e. The molecule has 3 aromatic rings. The van der Waals surface area contributed by atoms with Gasteiger partial charge in [-0.15, -0.1) is 11.8 Å². The number of carboxylic acids is 1. The Morgan fingerprint density at radius 1 is 0.947 bits per heavy atom. The summed E-state index contributed by atoms with van der Waals surface area (Å²) >= 11 is 1.92. The number of thioether (sulfide) groups is 1. The normalized spacial score (nSPS) is 12.3. The summed E-state index contributed by atoms with van der Waals surface area (Å²) in [4.78, 5) is 24.0. The van der Waals surface area contributed by atoms with Gasteiger partial charge < -0.3 is 10.4 Å². The Hall–Kier alpha value is -3.05. The fraction of sp³-hybridized carbons (Fsp3) is 0.394. The van der Waals surface area contributed by atoms with E-state index >= 15 is 0 Å². The molecule has 0 aliphatic carbocycles. The van der Waals surface area contributed by atoms with Gasteiger partial charge in [-0.05, 0) is 95.7 Å². The zero-order valence-corrected chi connectivity index (χ0v) is 24.4. The summed E-state index contributed by atoms with van der Waals surface area (Å²) in [6, 6.07) is 21.3. The minimum Gasteiger partial charge on any atom is -0.481 e. The quantitative estimate of drug-likeness (QED) is 0.247. The molecule has 0 saturated heterocycles. The molecule has 0 spiro atoms. The van der Waals surface area contributed by atoms with Crippen LogP contribution in [0.3, 0.4) is 0 Å². The Balaban J connectivity index is 1.51. The lowest BCUT2D eigenvalue weighted by Gasteiger charge is -2.20. The van der Waals surface area contributed by atoms with Gasteiger partial charge >= 0.3 is 5.97 Å². The third kappa shape index (κ3) is 8.49. The number of carbonyl (C=O) groups excluding carboxylic acids is 1. The van der Waals surface area contributed by atoms with Crippen molar-refractivity contribution in [3.63, 3.8) is 0 Å². The van der Waals surface area contributed by atoms with E-state index in [1.165, 1.54) is 38.3 Å². The van der Waals surface area contributed by atoms with Gasteiger partial charge in [0.05, 0.1) is 6.42 Å². The summed E-state index contributed by atoms with van der Waals surface area (Å²) in [5, 5.41) is 11.3. The number of benzene rings is 3. The van der Waals surface area contributed by atoms with Crippen LogP contribution < -0.4 is 5.32 Å². The molecule has 1 unspecified atom stereocenters. The van der Waals surface area contributed by atoms with Crippen LogP contribution in [0, 0.1) is 19.8 Å². The van der Waals surface area contributed by atoms with Gasteiger partial charge in [-0.25, -0.2) is 0 Å². The van der Waals surface area contributed by atoms with Gasteiger partial charge in [0.15, 0.2) is 0 Å². The number of rotatable bonds is 11. The van der Waals surface area contributed by atoms with E-state index in [9.17, 15) is 9.59 Å². The predicted molar refractivity (Wildman–Crippen MR) is 159 cm³/mol. The van der Waals surface area contributed by atoms with Gasteiger partial charge in [0.1, 0.15) is 0 Å². The second-order valence-corrected chi connectivity index (χ2v) is 12.4. The lowest BCUT2D eigenvalue weighted by molar-refractivity contribution is -0.136. The van der Waals surface area contributed by atoms with Crippen molar-refractivity contribution in [1.82, 2.24) is 5.32 Å². The first-order chi connectivity index (χ1) is 17.9. The largest absolute Gasteiger partial charge is 0.481 e. The molecule has 1 atom stereocenters. The van der Waals surface area contributed by atoms with Crippen molar-refractivity contribution in [2.75, 3.05) is 12.3 Å². The number of hydrogen-bond donors (Lipinski definition) is 2. The maximum atomic E-state index is 12.1. The highest BCUT2D eigenvalue weighted by molar-refractivity contribution is 7.99. The second-order valence-electron chi connectivity index (χ2n) is 11.3. The van der Waals surface area contributed by atoms with Gasteiger partial charge in [0.25, 0.3) is 5.91 Å². The maximum absolute atomic E-state index is 12.1. The molecule has 1 amide bonds. The molecule has 0 radical (unpaired) electrons. The molecule has 202 valence electrons. The minimum absolute atomic E-state index is 0.0749. The Labute approximate surface area is 232 Å². The molecular weight excluding hydrogens is 490 g/mol. The molecular formula is C33H41NO3S. The first kappa shape index (κ1) is 29.5. The summed E-state index contributed by atoms with van der Waals surface area (Å²) in [5.74, 6) is 0.463. The Morgan fingerprint density at radius 2 is 1.55 bits per heavy atom. The van der Waals surface area contributed by atoms with Gasteiger partial charge in [-0.1, -0.05) is 64.1 Å². The van der Waals surface area contributed by atoms with Crippen LogP contribution in [0.15, 0.2) is 65.6 Å². The van der Waals surface area contributed by atoms with E-state index < -0.39 is 5.97 Å². The van der Waals surface area contributed by atoms with Crippen LogP contribution in [0.2, 0.25) is 0 Å². The van der Waals surface area contributed by atoms with Crippen LogP contribution in [0.1, 0.15) is 73.1 Å². The molecule has 2 N–H and O–H groups in total. The molecule has 0 saturated carbocycles. The van der Waals surface area contributed by atoms with E-state index in [0.29, 0.717) is 11.5 Å². The molecule has 3 aromatic carbocycles. The topological polar surface area (TPSA) is 66.4 Å². The lowest BCUT2D eigenvalue weighted by atomic mass is 9.85. The number of carbonyl (C=O) groups is 2. The molecule has 0 fully saturated rings. The smallest absolute Gasteiger partial charge is 0.305 e. The third-order valence-corrected chi connectivity index (χ3v) is 8.15. The van der Waals surface area contributed by atoms with E-state index in [1.807, 2.05) is 36.0 Å². The predicted octanol–water partition coefficient (Wildman–Crippen LogP) is 7.83. The van der Waals surface area contributed by atoms with Crippen molar-refractivity contribution in [3.05, 3.63) is 88.5 Å². The van der Waals surface area contributed by atoms with Crippen molar-refractivity contribution in [2.24, 2.45) is 5.92 Å². The summed E-state index contributed by atoms with van der Waals surface area (Å²) in [5.41, 5.74) is 8.52. The Morgan fingerprint density at radius 3 is 2.11 bits per heavy atom. The summed E-state index contributed by atoms with van der Waals surface area (Å²) in [6.07, 6.45) is 1.96. The van der Waals surface area contributed by atoms with Crippen LogP contribution in [-0.2, 0) is 16.6 Å². The monoisotopic (exact) mass is 531 g/mol. The number of amides is 1. The molecule has 3 rings (SSSR count). The standard InChI is InChI=1S/C33H41NO3S/c1-22(7-8-25-9-11-27(12-10-25)32(37)34-18-17-30(35)36)21-38-29-19-23(2)31(24(3)20-29)26-13-15-28(16-14-26)33(4,5)6/h9-16,19-20,22H,7-8,17-18,21H2,1-6H3,(H,34,37)(H,35,36). The molecule has 0 aliphatic rings. The van der Waals surface area contributed by atoms with Crippen LogP contribution in [0.4, 0.5) is 0 Å². The Bertz CT molecular complexity index is 1220. The fourth-order valence-electron chi connectivity index (χ4n) is 4.54. The molecule has 5 heteroatoms. The Kier molecular flexibility index (Phi) is 10.2. The molecule has 0 aromatic heterocycles. The second kappa shape index (κ2) is 13.1. The number of aliphatic carboxylic acids is 1. The first-order valence-electron chi connectivity index (χ1n) is 13.4. The van der Waals surface area contributed by atoms with E-state index in [-0.39, 0.29) is 24.3 Å². The highest BCUT2D eigenvalue weighted by Gasteiger charge is 2.15. The van der Waals surface area contributed by atoms with Crippen molar-refractivity contribution in [1.29, 1.82) is 0 Å². The number of nitrogens with one attached hydrogen (secondary N) is 1. The van der Waals surface area contributed by atoms with Crippen LogP contribution >= 0.6 is 11.8 Å². The average molecular weight is 532 g/mol. The van der Waals surface area contributed by atoms with Crippen LogP contribution in [0.25, 0.3) is 11.1 Å². The van der Waals surface area contributed by atoms with E-state index in [1.54, 1.807) is 0 Å². The highest BCUT2D eigenvalue weighted by atomic mass is 32.2. The van der Waals surface area contributed by atoms with Gasteiger partial charge in [-0.3, -0.25) is 9.59 Å². The minimum atomic E-state index is -0.919. The van der Waals surface area contributed by atoms with Crippen molar-refractivity contribution >= 4 is 23.6 Å². The number of hydrogen-bond acceptors (Lipinski definition) is 3. The molecule has 0 aliphatic heterocycles. The van der Waals surface area contributed by atoms with Gasteiger partial charge in [0.2, 0.25) is 0 Å². The molecule has 0 heterocycles. The summed E-state index contributed by atoms with van der Waals surface area (Å²) in [7, 11) is 0. The van der Waals surface area contributed by atoms with E-state index in [4.69, 9.17) is 5.11 Å². The zero-order valence-electron chi connectivity index (χ0n) is 23.6.